The summed E-state index contributed by atoms with van der Waals surface area (Å²) in [4.78, 5) is 0. The zero-order chi connectivity index (χ0) is 5.86. The minimum absolute atomic E-state index is 0.0694. The van der Waals surface area contributed by atoms with Crippen molar-refractivity contribution in [3.63, 3.8) is 0 Å². The highest BCUT2D eigenvalue weighted by Crippen LogP contribution is 2.06. The van der Waals surface area contributed by atoms with Gasteiger partial charge in [0.25, 0.3) is 0 Å². The van der Waals surface area contributed by atoms with E-state index < -0.39 is 0 Å². The van der Waals surface area contributed by atoms with E-state index in [0.29, 0.717) is 5.92 Å². The van der Waals surface area contributed by atoms with Crippen LogP contribution >= 0.6 is 11.6 Å². The third-order valence-electron chi connectivity index (χ3n) is 0.898. The molecule has 0 radical (unpaired) electrons. The Bertz CT molecular complexity index is 45.3. The van der Waals surface area contributed by atoms with Gasteiger partial charge in [-0.1, -0.05) is 13.8 Å². The first-order chi connectivity index (χ1) is 3.18. The van der Waals surface area contributed by atoms with E-state index in [0.717, 1.165) is 0 Å². The molecule has 1 nitrogen and oxygen atoms in total. The lowest BCUT2D eigenvalue weighted by Crippen LogP contribution is -2.11. The van der Waals surface area contributed by atoms with Crippen LogP contribution in [0.3, 0.4) is 0 Å². The van der Waals surface area contributed by atoms with Crippen LogP contribution in [0.2, 0.25) is 0 Å². The Labute approximate surface area is 49.3 Å². The zero-order valence-electron chi connectivity index (χ0n) is 4.69. The van der Waals surface area contributed by atoms with E-state index >= 15 is 0 Å². The Morgan fingerprint density at radius 3 is 2.00 bits per heavy atom. The number of hydrogen-bond donors (Lipinski definition) is 1. The molecule has 0 bridgehead atoms. The Hall–Kier alpha value is 0.250. The molecular formula is C5H11ClO. The Kier molecular flexibility index (Phi) is 3.39. The van der Waals surface area contributed by atoms with Gasteiger partial charge in [0.2, 0.25) is 0 Å². The summed E-state index contributed by atoms with van der Waals surface area (Å²) >= 11 is 5.55. The predicted octanol–water partition coefficient (Wildman–Crippen LogP) is 1.24. The summed E-state index contributed by atoms with van der Waals surface area (Å²) < 4.78 is 0. The van der Waals surface area contributed by atoms with Crippen molar-refractivity contribution in [1.29, 1.82) is 0 Å². The van der Waals surface area contributed by atoms with E-state index in [9.17, 15) is 0 Å². The van der Waals surface area contributed by atoms with Crippen molar-refractivity contribution in [3.05, 3.63) is 0 Å². The monoisotopic (exact) mass is 122 g/mol. The molecular weight excluding hydrogens is 112 g/mol. The van der Waals surface area contributed by atoms with Crippen LogP contribution in [0.1, 0.15) is 13.8 Å². The molecule has 1 N–H and O–H groups in total. The number of rotatable bonds is 2. The smallest absolute Gasteiger partial charge is 0.0597 e. The van der Waals surface area contributed by atoms with Crippen LogP contribution in [0.25, 0.3) is 0 Å². The van der Waals surface area contributed by atoms with E-state index in [4.69, 9.17) is 16.7 Å². The largest absolute Gasteiger partial charge is 0.395 e. The lowest BCUT2D eigenvalue weighted by molar-refractivity contribution is 0.272. The molecule has 0 aromatic heterocycles. The van der Waals surface area contributed by atoms with Crippen LogP contribution in [-0.2, 0) is 0 Å². The molecule has 7 heavy (non-hydrogen) atoms. The topological polar surface area (TPSA) is 20.2 Å². The van der Waals surface area contributed by atoms with E-state index in [1.165, 1.54) is 0 Å². The highest BCUT2D eigenvalue weighted by Gasteiger charge is 2.05. The van der Waals surface area contributed by atoms with Crippen molar-refractivity contribution in [2.24, 2.45) is 5.92 Å². The summed E-state index contributed by atoms with van der Waals surface area (Å²) in [7, 11) is 0. The third-order valence-corrected chi connectivity index (χ3v) is 1.54. The maximum Gasteiger partial charge on any atom is 0.0597 e. The highest BCUT2D eigenvalue weighted by molar-refractivity contribution is 6.20. The number of halogens is 1. The Morgan fingerprint density at radius 2 is 2.00 bits per heavy atom. The number of aliphatic hydroxyl groups is 1. The van der Waals surface area contributed by atoms with Crippen LogP contribution in [0, 0.1) is 5.92 Å². The van der Waals surface area contributed by atoms with E-state index in [1.807, 2.05) is 13.8 Å². The fourth-order valence-electron chi connectivity index (χ4n) is 0.211. The summed E-state index contributed by atoms with van der Waals surface area (Å²) in [5, 5.41) is 8.30. The summed E-state index contributed by atoms with van der Waals surface area (Å²) in [5.41, 5.74) is 0. The van der Waals surface area contributed by atoms with Crippen LogP contribution in [0.4, 0.5) is 0 Å². The minimum Gasteiger partial charge on any atom is -0.395 e. The molecule has 0 fully saturated rings. The number of hydrogen-bond acceptors (Lipinski definition) is 1. The van der Waals surface area contributed by atoms with Crippen molar-refractivity contribution in [2.45, 2.75) is 19.2 Å². The summed E-state index contributed by atoms with van der Waals surface area (Å²) in [6, 6.07) is 0. The van der Waals surface area contributed by atoms with Crippen molar-refractivity contribution in [2.75, 3.05) is 6.61 Å². The summed E-state index contributed by atoms with van der Waals surface area (Å²) in [6.45, 7) is 4.04. The van der Waals surface area contributed by atoms with Crippen LogP contribution < -0.4 is 0 Å². The second-order valence-corrected chi connectivity index (χ2v) is 2.50. The minimum atomic E-state index is -0.0694. The second-order valence-electron chi connectivity index (χ2n) is 1.94. The standard InChI is InChI=1S/C5H11ClO/c1-4(2)5(6)3-7/h4-5,7H,3H2,1-2H3/t5-/m1/s1. The van der Waals surface area contributed by atoms with E-state index in [1.54, 1.807) is 0 Å². The Balaban J connectivity index is 3.14. The van der Waals surface area contributed by atoms with Crippen molar-refractivity contribution < 1.29 is 5.11 Å². The normalized spacial score (nSPS) is 15.0. The van der Waals surface area contributed by atoms with Crippen LogP contribution in [0.5, 0.6) is 0 Å². The molecule has 0 aliphatic heterocycles. The lowest BCUT2D eigenvalue weighted by Gasteiger charge is -2.07. The third kappa shape index (κ3) is 2.89. The fraction of sp³-hybridized carbons (Fsp3) is 1.00. The van der Waals surface area contributed by atoms with Gasteiger partial charge in [0, 0.05) is 0 Å². The van der Waals surface area contributed by atoms with Crippen molar-refractivity contribution in [1.82, 2.24) is 0 Å². The first-order valence-corrected chi connectivity index (χ1v) is 2.87. The highest BCUT2D eigenvalue weighted by atomic mass is 35.5. The number of alkyl halides is 1. The maximum atomic E-state index is 8.37. The Morgan fingerprint density at radius 1 is 1.57 bits per heavy atom. The summed E-state index contributed by atoms with van der Waals surface area (Å²) in [5.74, 6) is 0.381. The maximum absolute atomic E-state index is 8.37. The average Bonchev–Trinajstić information content (AvgIpc) is 1.65. The second kappa shape index (κ2) is 3.28. The van der Waals surface area contributed by atoms with Gasteiger partial charge in [-0.05, 0) is 5.92 Å². The van der Waals surface area contributed by atoms with Gasteiger partial charge >= 0.3 is 0 Å². The van der Waals surface area contributed by atoms with Gasteiger partial charge in [-0.3, -0.25) is 0 Å². The van der Waals surface area contributed by atoms with Gasteiger partial charge in [-0.25, -0.2) is 0 Å². The molecule has 0 unspecified atom stereocenters. The van der Waals surface area contributed by atoms with E-state index in [2.05, 4.69) is 0 Å². The SMILES string of the molecule is CC(C)[C@H](Cl)CO. The van der Waals surface area contributed by atoms with Crippen LogP contribution in [0.15, 0.2) is 0 Å². The first kappa shape index (κ1) is 7.25. The molecule has 1 atom stereocenters. The zero-order valence-corrected chi connectivity index (χ0v) is 5.44. The molecule has 0 aromatic carbocycles. The van der Waals surface area contributed by atoms with E-state index in [-0.39, 0.29) is 12.0 Å². The van der Waals surface area contributed by atoms with Crippen molar-refractivity contribution in [3.8, 4) is 0 Å². The molecule has 2 heteroatoms. The van der Waals surface area contributed by atoms with Gasteiger partial charge in [0.05, 0.1) is 12.0 Å². The predicted molar refractivity (Wildman–Crippen MR) is 31.6 cm³/mol. The van der Waals surface area contributed by atoms with Gasteiger partial charge < -0.3 is 5.11 Å². The molecule has 0 aromatic rings. The molecule has 0 aliphatic rings. The van der Waals surface area contributed by atoms with Crippen LogP contribution in [-0.4, -0.2) is 17.1 Å². The van der Waals surface area contributed by atoms with Gasteiger partial charge in [0.1, 0.15) is 0 Å². The fourth-order valence-corrected chi connectivity index (χ4v) is 0.211. The van der Waals surface area contributed by atoms with Crippen molar-refractivity contribution >= 4 is 11.6 Å². The molecule has 0 aliphatic carbocycles. The molecule has 0 heterocycles. The van der Waals surface area contributed by atoms with Gasteiger partial charge in [0.15, 0.2) is 0 Å². The van der Waals surface area contributed by atoms with Gasteiger partial charge in [-0.2, -0.15) is 0 Å². The number of aliphatic hydroxyl groups excluding tert-OH is 1. The quantitative estimate of drug-likeness (QED) is 0.547. The lowest BCUT2D eigenvalue weighted by atomic mass is 10.1. The van der Waals surface area contributed by atoms with Gasteiger partial charge in [-0.15, -0.1) is 11.6 Å². The molecule has 0 saturated carbocycles. The molecule has 0 rings (SSSR count). The average molecular weight is 123 g/mol. The molecule has 0 spiro atoms. The summed E-state index contributed by atoms with van der Waals surface area (Å²) in [6.07, 6.45) is 0. The molecule has 0 amide bonds. The molecule has 0 saturated heterocycles. The molecule has 44 valence electrons. The first-order valence-electron chi connectivity index (χ1n) is 2.43.